The van der Waals surface area contributed by atoms with E-state index in [0.717, 1.165) is 18.2 Å². The van der Waals surface area contributed by atoms with Gasteiger partial charge in [0, 0.05) is 23.6 Å². The van der Waals surface area contributed by atoms with Gasteiger partial charge in [-0.15, -0.1) is 0 Å². The van der Waals surface area contributed by atoms with Gasteiger partial charge in [-0.1, -0.05) is 15.9 Å². The van der Waals surface area contributed by atoms with Gasteiger partial charge in [-0.25, -0.2) is 0 Å². The first-order valence-corrected chi connectivity index (χ1v) is 6.04. The second-order valence-corrected chi connectivity index (χ2v) is 4.43. The normalized spacial score (nSPS) is 27.1. The highest BCUT2D eigenvalue weighted by molar-refractivity contribution is 9.09. The van der Waals surface area contributed by atoms with E-state index in [9.17, 15) is 0 Å². The van der Waals surface area contributed by atoms with Crippen LogP contribution >= 0.6 is 15.9 Å². The monoisotopic (exact) mass is 258 g/mol. The molecule has 3 nitrogen and oxygen atoms in total. The molecule has 0 aliphatic carbocycles. The van der Waals surface area contributed by atoms with Crippen molar-refractivity contribution in [1.29, 1.82) is 0 Å². The maximum Gasteiger partial charge on any atom is 0.0863 e. The van der Waals surface area contributed by atoms with E-state index in [0.29, 0.717) is 6.10 Å². The van der Waals surface area contributed by atoms with Gasteiger partial charge < -0.3 is 4.74 Å². The molecule has 1 saturated heterocycles. The maximum absolute atomic E-state index is 5.89. The number of aromatic nitrogens is 2. The van der Waals surface area contributed by atoms with Crippen LogP contribution in [0.5, 0.6) is 0 Å². The van der Waals surface area contributed by atoms with Gasteiger partial charge in [0.1, 0.15) is 0 Å². The SMILES string of the molecule is Cc1c(C2CCC(CBr)O2)cnn1C. The fourth-order valence-electron chi connectivity index (χ4n) is 1.88. The van der Waals surface area contributed by atoms with Gasteiger partial charge in [-0.05, 0) is 19.8 Å². The molecule has 2 unspecified atom stereocenters. The van der Waals surface area contributed by atoms with Gasteiger partial charge in [-0.3, -0.25) is 4.68 Å². The molecule has 0 radical (unpaired) electrons. The lowest BCUT2D eigenvalue weighted by Crippen LogP contribution is -2.07. The zero-order valence-corrected chi connectivity index (χ0v) is 10.1. The lowest BCUT2D eigenvalue weighted by atomic mass is 10.1. The molecule has 1 aromatic rings. The molecule has 0 N–H and O–H groups in total. The largest absolute Gasteiger partial charge is 0.369 e. The van der Waals surface area contributed by atoms with Crippen LogP contribution in [-0.4, -0.2) is 21.2 Å². The molecule has 0 aromatic carbocycles. The molecule has 0 amide bonds. The molecule has 1 aliphatic heterocycles. The van der Waals surface area contributed by atoms with E-state index in [4.69, 9.17) is 4.74 Å². The molecule has 1 aliphatic rings. The third-order valence-corrected chi connectivity index (χ3v) is 3.62. The topological polar surface area (TPSA) is 27.1 Å². The average Bonchev–Trinajstić information content (AvgIpc) is 2.75. The van der Waals surface area contributed by atoms with Crippen molar-refractivity contribution in [2.75, 3.05) is 5.33 Å². The minimum atomic E-state index is 0.256. The Labute approximate surface area is 92.6 Å². The van der Waals surface area contributed by atoms with E-state index in [2.05, 4.69) is 28.0 Å². The number of hydrogen-bond donors (Lipinski definition) is 0. The highest BCUT2D eigenvalue weighted by Crippen LogP contribution is 2.34. The van der Waals surface area contributed by atoms with Gasteiger partial charge in [0.25, 0.3) is 0 Å². The summed E-state index contributed by atoms with van der Waals surface area (Å²) in [7, 11) is 1.97. The summed E-state index contributed by atoms with van der Waals surface area (Å²) >= 11 is 3.45. The van der Waals surface area contributed by atoms with Crippen molar-refractivity contribution < 1.29 is 4.74 Å². The van der Waals surface area contributed by atoms with Crippen LogP contribution in [-0.2, 0) is 11.8 Å². The summed E-state index contributed by atoms with van der Waals surface area (Å²) in [5.41, 5.74) is 2.46. The molecule has 2 heterocycles. The van der Waals surface area contributed by atoms with Crippen LogP contribution in [0.15, 0.2) is 6.20 Å². The van der Waals surface area contributed by atoms with Crippen molar-refractivity contribution in [3.8, 4) is 0 Å². The lowest BCUT2D eigenvalue weighted by Gasteiger charge is -2.11. The number of ether oxygens (including phenoxy) is 1. The van der Waals surface area contributed by atoms with Crippen LogP contribution in [0, 0.1) is 6.92 Å². The molecular weight excluding hydrogens is 244 g/mol. The van der Waals surface area contributed by atoms with E-state index in [1.807, 2.05) is 17.9 Å². The summed E-state index contributed by atoms with van der Waals surface area (Å²) in [5.74, 6) is 0. The van der Waals surface area contributed by atoms with Crippen molar-refractivity contribution in [2.24, 2.45) is 7.05 Å². The lowest BCUT2D eigenvalue weighted by molar-refractivity contribution is 0.0584. The maximum atomic E-state index is 5.89. The van der Waals surface area contributed by atoms with Crippen molar-refractivity contribution in [1.82, 2.24) is 9.78 Å². The Morgan fingerprint density at radius 2 is 2.43 bits per heavy atom. The van der Waals surface area contributed by atoms with Crippen LogP contribution in [0.2, 0.25) is 0 Å². The van der Waals surface area contributed by atoms with E-state index >= 15 is 0 Å². The molecule has 4 heteroatoms. The highest BCUT2D eigenvalue weighted by atomic mass is 79.9. The van der Waals surface area contributed by atoms with Gasteiger partial charge in [0.15, 0.2) is 0 Å². The van der Waals surface area contributed by atoms with E-state index < -0.39 is 0 Å². The van der Waals surface area contributed by atoms with Gasteiger partial charge in [0.2, 0.25) is 0 Å². The van der Waals surface area contributed by atoms with Crippen LogP contribution in [0.4, 0.5) is 0 Å². The minimum absolute atomic E-state index is 0.256. The molecule has 0 bridgehead atoms. The van der Waals surface area contributed by atoms with Gasteiger partial charge >= 0.3 is 0 Å². The summed E-state index contributed by atoms with van der Waals surface area (Å²) in [5, 5.41) is 5.17. The molecule has 2 atom stereocenters. The first-order valence-electron chi connectivity index (χ1n) is 4.92. The standard InChI is InChI=1S/C10H15BrN2O/c1-7-9(6-12-13(7)2)10-4-3-8(5-11)14-10/h6,8,10H,3-5H2,1-2H3. The number of hydrogen-bond acceptors (Lipinski definition) is 2. The Kier molecular flexibility index (Phi) is 2.93. The molecule has 2 rings (SSSR count). The van der Waals surface area contributed by atoms with Crippen molar-refractivity contribution in [2.45, 2.75) is 32.0 Å². The molecular formula is C10H15BrN2O. The quantitative estimate of drug-likeness (QED) is 0.762. The van der Waals surface area contributed by atoms with E-state index in [-0.39, 0.29) is 6.10 Å². The predicted octanol–water partition coefficient (Wildman–Crippen LogP) is 2.34. The first-order chi connectivity index (χ1) is 6.72. The van der Waals surface area contributed by atoms with Crippen LogP contribution in [0.25, 0.3) is 0 Å². The second-order valence-electron chi connectivity index (χ2n) is 3.79. The van der Waals surface area contributed by atoms with Gasteiger partial charge in [0.05, 0.1) is 18.4 Å². The molecule has 0 saturated carbocycles. The average molecular weight is 259 g/mol. The summed E-state index contributed by atoms with van der Waals surface area (Å²) in [6, 6.07) is 0. The third-order valence-electron chi connectivity index (χ3n) is 2.90. The smallest absolute Gasteiger partial charge is 0.0863 e. The molecule has 0 spiro atoms. The Hall–Kier alpha value is -0.350. The fraction of sp³-hybridized carbons (Fsp3) is 0.700. The number of aryl methyl sites for hydroxylation is 1. The first kappa shape index (κ1) is 10.2. The summed E-state index contributed by atoms with van der Waals surface area (Å²) in [6.07, 6.45) is 4.81. The fourth-order valence-corrected chi connectivity index (χ4v) is 2.36. The minimum Gasteiger partial charge on any atom is -0.369 e. The second kappa shape index (κ2) is 4.03. The Balaban J connectivity index is 2.13. The summed E-state index contributed by atoms with van der Waals surface area (Å²) in [6.45, 7) is 2.09. The molecule has 1 fully saturated rings. The van der Waals surface area contributed by atoms with E-state index in [1.165, 1.54) is 11.3 Å². The predicted molar refractivity (Wildman–Crippen MR) is 58.6 cm³/mol. The third kappa shape index (κ3) is 1.73. The number of halogens is 1. The Morgan fingerprint density at radius 1 is 1.64 bits per heavy atom. The highest BCUT2D eigenvalue weighted by Gasteiger charge is 2.27. The molecule has 1 aromatic heterocycles. The van der Waals surface area contributed by atoms with Crippen LogP contribution in [0.3, 0.4) is 0 Å². The zero-order valence-electron chi connectivity index (χ0n) is 8.53. The van der Waals surface area contributed by atoms with Crippen molar-refractivity contribution >= 4 is 15.9 Å². The van der Waals surface area contributed by atoms with Crippen molar-refractivity contribution in [3.63, 3.8) is 0 Å². The molecule has 14 heavy (non-hydrogen) atoms. The number of alkyl halides is 1. The Morgan fingerprint density at radius 3 is 2.93 bits per heavy atom. The van der Waals surface area contributed by atoms with Crippen molar-refractivity contribution in [3.05, 3.63) is 17.5 Å². The van der Waals surface area contributed by atoms with Crippen LogP contribution in [0.1, 0.15) is 30.2 Å². The number of nitrogens with zero attached hydrogens (tertiary/aromatic N) is 2. The Bertz CT molecular complexity index is 324. The van der Waals surface area contributed by atoms with E-state index in [1.54, 1.807) is 0 Å². The summed E-state index contributed by atoms with van der Waals surface area (Å²) in [4.78, 5) is 0. The zero-order chi connectivity index (χ0) is 10.1. The summed E-state index contributed by atoms with van der Waals surface area (Å²) < 4.78 is 7.79. The molecule has 78 valence electrons. The van der Waals surface area contributed by atoms with Crippen LogP contribution < -0.4 is 0 Å². The number of rotatable bonds is 2. The van der Waals surface area contributed by atoms with Gasteiger partial charge in [-0.2, -0.15) is 5.10 Å².